The third-order valence-electron chi connectivity index (χ3n) is 2.35. The first-order valence-electron chi connectivity index (χ1n) is 4.73. The second-order valence-corrected chi connectivity index (χ2v) is 4.60. The Labute approximate surface area is 97.9 Å². The Balaban J connectivity index is 2.19. The summed E-state index contributed by atoms with van der Waals surface area (Å²) in [5.41, 5.74) is 0. The predicted molar refractivity (Wildman–Crippen MR) is 52.5 cm³/mol. The summed E-state index contributed by atoms with van der Waals surface area (Å²) in [5, 5.41) is 14.1. The molecule has 1 amide bonds. The third-order valence-corrected chi connectivity index (χ3v) is 3.34. The normalized spacial score (nSPS) is 21.3. The van der Waals surface area contributed by atoms with Crippen molar-refractivity contribution in [2.24, 2.45) is 5.92 Å². The molecule has 0 saturated carbocycles. The van der Waals surface area contributed by atoms with Crippen molar-refractivity contribution in [3.8, 4) is 0 Å². The van der Waals surface area contributed by atoms with Crippen molar-refractivity contribution in [3.05, 3.63) is 5.01 Å². The molecule has 1 aliphatic heterocycles. The van der Waals surface area contributed by atoms with E-state index in [0.717, 1.165) is 4.90 Å². The summed E-state index contributed by atoms with van der Waals surface area (Å²) < 4.78 is 36.9. The van der Waals surface area contributed by atoms with Crippen molar-refractivity contribution < 1.29 is 23.1 Å². The molecule has 1 aliphatic rings. The van der Waals surface area contributed by atoms with Crippen LogP contribution in [0.1, 0.15) is 11.4 Å². The molecular weight excluding hydrogens is 259 g/mol. The average molecular weight is 267 g/mol. The standard InChI is InChI=1S/C8H8F3N3O2S/c9-8(10,11)6-12-13-7(17-6)14-2-4(3-15)1-5(14)16/h4,15H,1-3H2. The van der Waals surface area contributed by atoms with Gasteiger partial charge in [0, 0.05) is 25.5 Å². The number of aliphatic hydroxyl groups excluding tert-OH is 1. The minimum atomic E-state index is -4.55. The van der Waals surface area contributed by atoms with Crippen LogP contribution in [0.5, 0.6) is 0 Å². The zero-order chi connectivity index (χ0) is 12.6. The lowest BCUT2D eigenvalue weighted by Crippen LogP contribution is -2.24. The van der Waals surface area contributed by atoms with E-state index >= 15 is 0 Å². The minimum absolute atomic E-state index is 0.0710. The Kier molecular flexibility index (Phi) is 3.04. The lowest BCUT2D eigenvalue weighted by molar-refractivity contribution is -0.138. The molecule has 1 fully saturated rings. The largest absolute Gasteiger partial charge is 0.445 e. The van der Waals surface area contributed by atoms with Crippen LogP contribution in [0.2, 0.25) is 0 Å². The number of hydrogen-bond acceptors (Lipinski definition) is 5. The maximum absolute atomic E-state index is 12.3. The zero-order valence-electron chi connectivity index (χ0n) is 8.44. The van der Waals surface area contributed by atoms with Gasteiger partial charge in [-0.25, -0.2) is 0 Å². The van der Waals surface area contributed by atoms with E-state index in [0.29, 0.717) is 11.3 Å². The smallest absolute Gasteiger partial charge is 0.396 e. The minimum Gasteiger partial charge on any atom is -0.396 e. The van der Waals surface area contributed by atoms with Crippen LogP contribution in [0, 0.1) is 5.92 Å². The quantitative estimate of drug-likeness (QED) is 0.864. The van der Waals surface area contributed by atoms with E-state index in [1.54, 1.807) is 0 Å². The van der Waals surface area contributed by atoms with Crippen LogP contribution >= 0.6 is 11.3 Å². The number of hydrogen-bond donors (Lipinski definition) is 1. The number of halogens is 3. The second kappa shape index (κ2) is 4.22. The van der Waals surface area contributed by atoms with Gasteiger partial charge >= 0.3 is 6.18 Å². The van der Waals surface area contributed by atoms with E-state index in [9.17, 15) is 18.0 Å². The molecule has 0 radical (unpaired) electrons. The molecule has 0 aliphatic carbocycles. The molecule has 94 valence electrons. The summed E-state index contributed by atoms with van der Waals surface area (Å²) in [7, 11) is 0. The molecule has 1 aromatic heterocycles. The van der Waals surface area contributed by atoms with Crippen molar-refractivity contribution in [3.63, 3.8) is 0 Å². The Morgan fingerprint density at radius 3 is 2.65 bits per heavy atom. The van der Waals surface area contributed by atoms with E-state index < -0.39 is 11.2 Å². The van der Waals surface area contributed by atoms with Crippen LogP contribution < -0.4 is 4.90 Å². The lowest BCUT2D eigenvalue weighted by atomic mass is 10.1. The number of alkyl halides is 3. The lowest BCUT2D eigenvalue weighted by Gasteiger charge is -2.10. The van der Waals surface area contributed by atoms with Crippen LogP contribution in [-0.4, -0.2) is 34.4 Å². The summed E-state index contributed by atoms with van der Waals surface area (Å²) in [6, 6.07) is 0. The highest BCUT2D eigenvalue weighted by atomic mass is 32.1. The van der Waals surface area contributed by atoms with Crippen LogP contribution in [0.3, 0.4) is 0 Å². The molecule has 0 bridgehead atoms. The van der Waals surface area contributed by atoms with Gasteiger partial charge in [-0.15, -0.1) is 10.2 Å². The molecule has 0 spiro atoms. The van der Waals surface area contributed by atoms with Gasteiger partial charge in [-0.2, -0.15) is 13.2 Å². The summed E-state index contributed by atoms with van der Waals surface area (Å²) in [6.45, 7) is 0.00892. The van der Waals surface area contributed by atoms with Gasteiger partial charge in [0.05, 0.1) is 0 Å². The highest BCUT2D eigenvalue weighted by Gasteiger charge is 2.38. The molecule has 1 atom stereocenters. The average Bonchev–Trinajstić information content (AvgIpc) is 2.82. The van der Waals surface area contributed by atoms with Crippen LogP contribution in [0.15, 0.2) is 0 Å². The molecule has 9 heteroatoms. The second-order valence-electron chi connectivity index (χ2n) is 3.64. The molecule has 0 aromatic carbocycles. The van der Waals surface area contributed by atoms with Gasteiger partial charge in [0.15, 0.2) is 0 Å². The van der Waals surface area contributed by atoms with Gasteiger partial charge in [0.1, 0.15) is 0 Å². The molecular formula is C8H8F3N3O2S. The van der Waals surface area contributed by atoms with Crippen LogP contribution in [0.4, 0.5) is 18.3 Å². The fourth-order valence-electron chi connectivity index (χ4n) is 1.53. The molecule has 1 aromatic rings. The van der Waals surface area contributed by atoms with Gasteiger partial charge in [-0.3, -0.25) is 9.69 Å². The highest BCUT2D eigenvalue weighted by molar-refractivity contribution is 7.15. The molecule has 2 rings (SSSR count). The van der Waals surface area contributed by atoms with Gasteiger partial charge in [-0.1, -0.05) is 11.3 Å². The monoisotopic (exact) mass is 267 g/mol. The first-order chi connectivity index (χ1) is 7.91. The Morgan fingerprint density at radius 2 is 2.18 bits per heavy atom. The molecule has 1 saturated heterocycles. The van der Waals surface area contributed by atoms with E-state index in [1.165, 1.54) is 0 Å². The SMILES string of the molecule is O=C1CC(CO)CN1c1nnc(C(F)(F)F)s1. The summed E-state index contributed by atoms with van der Waals surface area (Å²) >= 11 is 0.330. The first-order valence-corrected chi connectivity index (χ1v) is 5.55. The maximum atomic E-state index is 12.3. The van der Waals surface area contributed by atoms with Crippen molar-refractivity contribution >= 4 is 22.4 Å². The summed E-state index contributed by atoms with van der Waals surface area (Å²) in [5.74, 6) is -0.588. The van der Waals surface area contributed by atoms with E-state index in [2.05, 4.69) is 10.2 Å². The number of carbonyl (C=O) groups is 1. The van der Waals surface area contributed by atoms with Crippen molar-refractivity contribution in [2.75, 3.05) is 18.1 Å². The van der Waals surface area contributed by atoms with E-state index in [-0.39, 0.29) is 36.5 Å². The van der Waals surface area contributed by atoms with E-state index in [4.69, 9.17) is 5.11 Å². The number of aromatic nitrogens is 2. The molecule has 17 heavy (non-hydrogen) atoms. The highest BCUT2D eigenvalue weighted by Crippen LogP contribution is 2.35. The summed E-state index contributed by atoms with van der Waals surface area (Å²) in [6.07, 6.45) is -4.42. The van der Waals surface area contributed by atoms with Gasteiger partial charge in [-0.05, 0) is 0 Å². The van der Waals surface area contributed by atoms with Crippen molar-refractivity contribution in [2.45, 2.75) is 12.6 Å². The van der Waals surface area contributed by atoms with Gasteiger partial charge in [0.2, 0.25) is 16.0 Å². The summed E-state index contributed by atoms with van der Waals surface area (Å²) in [4.78, 5) is 12.6. The molecule has 2 heterocycles. The Bertz CT molecular complexity index is 434. The molecule has 1 unspecified atom stereocenters. The Morgan fingerprint density at radius 1 is 1.47 bits per heavy atom. The van der Waals surface area contributed by atoms with E-state index in [1.807, 2.05) is 0 Å². The Hall–Kier alpha value is -1.22. The van der Waals surface area contributed by atoms with Gasteiger partial charge < -0.3 is 5.11 Å². The first kappa shape index (κ1) is 12.2. The van der Waals surface area contributed by atoms with Crippen molar-refractivity contribution in [1.82, 2.24) is 10.2 Å². The number of carbonyl (C=O) groups excluding carboxylic acids is 1. The van der Waals surface area contributed by atoms with Crippen LogP contribution in [-0.2, 0) is 11.0 Å². The number of nitrogens with zero attached hydrogens (tertiary/aromatic N) is 3. The topological polar surface area (TPSA) is 66.3 Å². The van der Waals surface area contributed by atoms with Crippen LogP contribution in [0.25, 0.3) is 0 Å². The number of rotatable bonds is 2. The van der Waals surface area contributed by atoms with Crippen molar-refractivity contribution in [1.29, 1.82) is 0 Å². The fraction of sp³-hybridized carbons (Fsp3) is 0.625. The number of aliphatic hydroxyl groups is 1. The number of amides is 1. The molecule has 1 N–H and O–H groups in total. The number of anilines is 1. The zero-order valence-corrected chi connectivity index (χ0v) is 9.25. The predicted octanol–water partition coefficient (Wildman–Crippen LogP) is 0.902. The van der Waals surface area contributed by atoms with Gasteiger partial charge in [0.25, 0.3) is 0 Å². The maximum Gasteiger partial charge on any atom is 0.445 e. The third kappa shape index (κ3) is 2.39. The molecule has 5 nitrogen and oxygen atoms in total. The fourth-order valence-corrected chi connectivity index (χ4v) is 2.27.